The first kappa shape index (κ1) is 31.4. The van der Waals surface area contributed by atoms with Crippen LogP contribution in [0.3, 0.4) is 0 Å². The van der Waals surface area contributed by atoms with Gasteiger partial charge in [-0.2, -0.15) is 0 Å². The lowest BCUT2D eigenvalue weighted by Crippen LogP contribution is -2.44. The van der Waals surface area contributed by atoms with Crippen molar-refractivity contribution >= 4 is 40.3 Å². The average Bonchev–Trinajstić information content (AvgIpc) is 3.02. The molecule has 1 aliphatic rings. The summed E-state index contributed by atoms with van der Waals surface area (Å²) in [5, 5.41) is 12.4. The molecule has 5 rings (SSSR count). The van der Waals surface area contributed by atoms with Gasteiger partial charge in [0.25, 0.3) is 5.91 Å². The number of nitrogens with zero attached hydrogens (tertiary/aromatic N) is 2. The summed E-state index contributed by atoms with van der Waals surface area (Å²) in [4.78, 5) is 56.8. The number of para-hydroxylation sites is 1. The number of carboxylic acid groups (broad SMARTS) is 1. The van der Waals surface area contributed by atoms with Crippen molar-refractivity contribution in [3.05, 3.63) is 111 Å². The van der Waals surface area contributed by atoms with E-state index in [9.17, 15) is 19.2 Å². The molecule has 224 valence electrons. The number of H-pyrrole nitrogens is 1. The highest BCUT2D eigenvalue weighted by molar-refractivity contribution is 6.30. The molecule has 1 fully saturated rings. The summed E-state index contributed by atoms with van der Waals surface area (Å²) in [6.45, 7) is 3.66. The molecule has 11 nitrogen and oxygen atoms in total. The number of nitrogens with one attached hydrogen (secondary N) is 2. The van der Waals surface area contributed by atoms with Gasteiger partial charge in [-0.1, -0.05) is 29.8 Å². The Bertz CT molecular complexity index is 1590. The van der Waals surface area contributed by atoms with E-state index in [1.165, 1.54) is 24.5 Å². The van der Waals surface area contributed by atoms with Gasteiger partial charge in [-0.3, -0.25) is 19.5 Å². The second-order valence-corrected chi connectivity index (χ2v) is 10.0. The van der Waals surface area contributed by atoms with Crippen LogP contribution in [0, 0.1) is 0 Å². The van der Waals surface area contributed by atoms with E-state index in [1.54, 1.807) is 36.4 Å². The van der Waals surface area contributed by atoms with E-state index in [0.29, 0.717) is 41.4 Å². The summed E-state index contributed by atoms with van der Waals surface area (Å²) in [5.74, 6) is -1.93. The van der Waals surface area contributed by atoms with E-state index in [4.69, 9.17) is 26.2 Å². The van der Waals surface area contributed by atoms with E-state index < -0.39 is 23.9 Å². The summed E-state index contributed by atoms with van der Waals surface area (Å²) in [6.07, 6.45) is 2.95. The molecule has 0 saturated carbocycles. The van der Waals surface area contributed by atoms with Crippen LogP contribution in [-0.2, 0) is 20.7 Å². The van der Waals surface area contributed by atoms with Gasteiger partial charge in [0.2, 0.25) is 5.56 Å². The van der Waals surface area contributed by atoms with Gasteiger partial charge in [-0.25, -0.2) is 9.59 Å². The Morgan fingerprint density at radius 3 is 2.47 bits per heavy atom. The van der Waals surface area contributed by atoms with Crippen molar-refractivity contribution in [2.45, 2.75) is 12.5 Å². The quantitative estimate of drug-likeness (QED) is 0.244. The molecule has 3 heterocycles. The van der Waals surface area contributed by atoms with E-state index in [-0.39, 0.29) is 24.2 Å². The molecule has 4 aromatic rings. The highest BCUT2D eigenvalue weighted by Gasteiger charge is 2.25. The van der Waals surface area contributed by atoms with Gasteiger partial charge >= 0.3 is 11.9 Å². The van der Waals surface area contributed by atoms with E-state index >= 15 is 0 Å². The number of pyridine rings is 2. The molecular formula is C31H31ClN4O7. The van der Waals surface area contributed by atoms with Crippen LogP contribution in [-0.4, -0.2) is 83.3 Å². The monoisotopic (exact) mass is 606 g/mol. The Balaban J connectivity index is 0.000000403. The number of esters is 1. The Hall–Kier alpha value is -4.58. The van der Waals surface area contributed by atoms with Crippen molar-refractivity contribution < 1.29 is 29.0 Å². The minimum Gasteiger partial charge on any atom is -0.478 e. The third-order valence-corrected chi connectivity index (χ3v) is 6.87. The summed E-state index contributed by atoms with van der Waals surface area (Å²) in [5.41, 5.74) is 1.61. The first-order chi connectivity index (χ1) is 20.8. The number of halogens is 1. The fraction of sp³-hybridized carbons (Fsp3) is 0.258. The smallest absolute Gasteiger partial charge is 0.337 e. The number of morpholine rings is 1. The minimum absolute atomic E-state index is 0.111. The minimum atomic E-state index is -0.974. The highest BCUT2D eigenvalue weighted by atomic mass is 35.5. The topological polar surface area (TPSA) is 151 Å². The number of carbonyl (C=O) groups is 3. The maximum Gasteiger partial charge on any atom is 0.337 e. The molecule has 0 spiro atoms. The number of carbonyl (C=O) groups excluding carboxylic acids is 2. The zero-order chi connectivity index (χ0) is 30.6. The molecule has 1 saturated heterocycles. The SMILES string of the molecule is O=C(NC(Cc1cc(=O)[nH]c2ccccc12)C(=O)OCCN1CCOCC1)c1ccc(Cl)cc1.O=C(O)c1cccnc1. The normalized spacial score (nSPS) is 13.8. The van der Waals surface area contributed by atoms with Crippen LogP contribution in [0.1, 0.15) is 26.3 Å². The van der Waals surface area contributed by atoms with Crippen LogP contribution in [0.4, 0.5) is 0 Å². The molecule has 0 radical (unpaired) electrons. The van der Waals surface area contributed by atoms with Crippen LogP contribution in [0.5, 0.6) is 0 Å². The maximum absolute atomic E-state index is 13.0. The first-order valence-electron chi connectivity index (χ1n) is 13.6. The molecule has 1 amide bonds. The molecule has 12 heteroatoms. The summed E-state index contributed by atoms with van der Waals surface area (Å²) in [7, 11) is 0. The van der Waals surface area contributed by atoms with Crippen molar-refractivity contribution in [3.8, 4) is 0 Å². The molecule has 0 bridgehead atoms. The zero-order valence-corrected chi connectivity index (χ0v) is 24.0. The van der Waals surface area contributed by atoms with Crippen molar-refractivity contribution in [3.63, 3.8) is 0 Å². The van der Waals surface area contributed by atoms with Gasteiger partial charge in [0.15, 0.2) is 0 Å². The molecule has 2 aromatic carbocycles. The number of amides is 1. The second kappa shape index (κ2) is 15.6. The largest absolute Gasteiger partial charge is 0.478 e. The predicted octanol–water partition coefficient (Wildman–Crippen LogP) is 3.18. The van der Waals surface area contributed by atoms with Crippen molar-refractivity contribution in [2.24, 2.45) is 0 Å². The fourth-order valence-electron chi connectivity index (χ4n) is 4.39. The molecule has 3 N–H and O–H groups in total. The third-order valence-electron chi connectivity index (χ3n) is 6.62. The lowest BCUT2D eigenvalue weighted by molar-refractivity contribution is -0.146. The molecule has 1 atom stereocenters. The number of fused-ring (bicyclic) bond motifs is 1. The molecular weight excluding hydrogens is 576 g/mol. The van der Waals surface area contributed by atoms with Gasteiger partial charge in [-0.15, -0.1) is 0 Å². The number of carboxylic acids is 1. The van der Waals surface area contributed by atoms with Crippen LogP contribution in [0.15, 0.2) is 83.9 Å². The highest BCUT2D eigenvalue weighted by Crippen LogP contribution is 2.17. The van der Waals surface area contributed by atoms with Crippen molar-refractivity contribution in [2.75, 3.05) is 39.5 Å². The van der Waals surface area contributed by atoms with Crippen LogP contribution < -0.4 is 10.9 Å². The van der Waals surface area contributed by atoms with Crippen molar-refractivity contribution in [1.29, 1.82) is 0 Å². The molecule has 2 aromatic heterocycles. The van der Waals surface area contributed by atoms with Crippen molar-refractivity contribution in [1.82, 2.24) is 20.2 Å². The molecule has 0 aliphatic carbocycles. The maximum atomic E-state index is 13.0. The van der Waals surface area contributed by atoms with E-state index in [0.717, 1.165) is 18.5 Å². The van der Waals surface area contributed by atoms with E-state index in [2.05, 4.69) is 20.2 Å². The Labute approximate surface area is 252 Å². The lowest BCUT2D eigenvalue weighted by atomic mass is 10.0. The second-order valence-electron chi connectivity index (χ2n) is 9.61. The van der Waals surface area contributed by atoms with Crippen LogP contribution >= 0.6 is 11.6 Å². The molecule has 1 aliphatic heterocycles. The third kappa shape index (κ3) is 9.47. The summed E-state index contributed by atoms with van der Waals surface area (Å²) >= 11 is 5.92. The van der Waals surface area contributed by atoms with Gasteiger partial charge in [-0.05, 0) is 48.0 Å². The van der Waals surface area contributed by atoms with Crippen LogP contribution in [0.2, 0.25) is 5.02 Å². The van der Waals surface area contributed by atoms with E-state index in [1.807, 2.05) is 18.2 Å². The Morgan fingerprint density at radius 1 is 1.05 bits per heavy atom. The number of aromatic carboxylic acids is 1. The molecule has 1 unspecified atom stereocenters. The van der Waals surface area contributed by atoms with Gasteiger partial charge in [0.1, 0.15) is 12.6 Å². The van der Waals surface area contributed by atoms with Gasteiger partial charge in [0, 0.05) is 66.0 Å². The lowest BCUT2D eigenvalue weighted by Gasteiger charge is -2.26. The Kier molecular flexibility index (Phi) is 11.4. The number of aromatic amines is 1. The van der Waals surface area contributed by atoms with Gasteiger partial charge < -0.3 is 24.9 Å². The number of aromatic nitrogens is 2. The number of hydrogen-bond donors (Lipinski definition) is 3. The zero-order valence-electron chi connectivity index (χ0n) is 23.2. The number of hydrogen-bond acceptors (Lipinski definition) is 8. The standard InChI is InChI=1S/C25H26ClN3O5.C6H5NO2/c26-19-7-5-17(6-8-19)24(31)28-22(25(32)34-14-11-29-9-12-33-13-10-29)15-18-16-23(30)27-21-4-2-1-3-20(18)21;8-6(9)5-2-1-3-7-4-5/h1-8,16,22H,9-15H2,(H,27,30)(H,28,31);1-4H,(H,8,9). The molecule has 43 heavy (non-hydrogen) atoms. The number of ether oxygens (including phenoxy) is 2. The average molecular weight is 607 g/mol. The first-order valence-corrected chi connectivity index (χ1v) is 14.0. The number of rotatable bonds is 9. The van der Waals surface area contributed by atoms with Gasteiger partial charge in [0.05, 0.1) is 18.8 Å². The summed E-state index contributed by atoms with van der Waals surface area (Å²) in [6, 6.07) is 17.3. The number of benzene rings is 2. The fourth-order valence-corrected chi connectivity index (χ4v) is 4.52. The predicted molar refractivity (Wildman–Crippen MR) is 160 cm³/mol. The summed E-state index contributed by atoms with van der Waals surface area (Å²) < 4.78 is 10.9. The van der Waals surface area contributed by atoms with Crippen LogP contribution in [0.25, 0.3) is 10.9 Å². The Morgan fingerprint density at radius 2 is 1.79 bits per heavy atom.